The number of anilines is 1. The van der Waals surface area contributed by atoms with Crippen LogP contribution in [0.5, 0.6) is 5.75 Å². The van der Waals surface area contributed by atoms with Gasteiger partial charge < -0.3 is 10.1 Å². The molecule has 0 aliphatic carbocycles. The first-order valence-electron chi connectivity index (χ1n) is 11.3. The summed E-state index contributed by atoms with van der Waals surface area (Å²) in [5.74, 6) is 0.0906. The second kappa shape index (κ2) is 9.82. The fourth-order valence-electron chi connectivity index (χ4n) is 3.91. The third-order valence-electron chi connectivity index (χ3n) is 5.86. The van der Waals surface area contributed by atoms with Crippen LogP contribution in [0, 0.1) is 6.92 Å². The lowest BCUT2D eigenvalue weighted by Crippen LogP contribution is -2.16. The van der Waals surface area contributed by atoms with Crippen LogP contribution in [0.1, 0.15) is 27.3 Å². The largest absolute Gasteiger partial charge is 0.497 e. The number of halogens is 4. The molecular weight excluding hydrogens is 521 g/mol. The molecule has 0 bridgehead atoms. The lowest BCUT2D eigenvalue weighted by Gasteiger charge is -2.12. The average Bonchev–Trinajstić information content (AvgIpc) is 3.47. The van der Waals surface area contributed by atoms with Gasteiger partial charge in [0, 0.05) is 22.3 Å². The van der Waals surface area contributed by atoms with E-state index in [2.05, 4.69) is 20.5 Å². The van der Waals surface area contributed by atoms with E-state index in [0.717, 1.165) is 23.5 Å². The standard InChI is InChI=1S/C26H20ClF3N6O2/c1-15-11-23(34-35(15)14-16-3-7-18(27)8-4-16)33-25(37)20-13-31-36-22(26(28,29)30)12-21(32-24(20)36)17-5-9-19(38-2)10-6-17/h3-13H,14H2,1-2H3,(H,33,34,37). The molecular formula is C26H20ClF3N6O2. The van der Waals surface area contributed by atoms with Crippen LogP contribution in [0.2, 0.25) is 5.02 Å². The predicted molar refractivity (Wildman–Crippen MR) is 135 cm³/mol. The lowest BCUT2D eigenvalue weighted by molar-refractivity contribution is -0.142. The number of hydrogen-bond donors (Lipinski definition) is 1. The number of aromatic nitrogens is 5. The van der Waals surface area contributed by atoms with Crippen LogP contribution in [0.3, 0.4) is 0 Å². The first-order chi connectivity index (χ1) is 18.1. The number of ether oxygens (including phenoxy) is 1. The van der Waals surface area contributed by atoms with Gasteiger partial charge in [0.25, 0.3) is 5.91 Å². The summed E-state index contributed by atoms with van der Waals surface area (Å²) in [6.45, 7) is 2.27. The molecule has 3 aromatic heterocycles. The van der Waals surface area contributed by atoms with Gasteiger partial charge >= 0.3 is 6.18 Å². The summed E-state index contributed by atoms with van der Waals surface area (Å²) in [6.07, 6.45) is -3.68. The highest BCUT2D eigenvalue weighted by Crippen LogP contribution is 2.33. The van der Waals surface area contributed by atoms with Crippen molar-refractivity contribution >= 4 is 29.0 Å². The fraction of sp³-hybridized carbons (Fsp3) is 0.154. The van der Waals surface area contributed by atoms with Crippen molar-refractivity contribution in [1.29, 1.82) is 0 Å². The van der Waals surface area contributed by atoms with E-state index in [-0.39, 0.29) is 22.7 Å². The number of carbonyl (C=O) groups excluding carboxylic acids is 1. The Balaban J connectivity index is 1.48. The van der Waals surface area contributed by atoms with Crippen LogP contribution >= 0.6 is 11.6 Å². The van der Waals surface area contributed by atoms with Crippen molar-refractivity contribution in [3.63, 3.8) is 0 Å². The Morgan fingerprint density at radius 1 is 1.08 bits per heavy atom. The number of amides is 1. The molecule has 0 saturated heterocycles. The highest BCUT2D eigenvalue weighted by Gasteiger charge is 2.36. The molecule has 194 valence electrons. The van der Waals surface area contributed by atoms with Crippen molar-refractivity contribution in [2.45, 2.75) is 19.6 Å². The lowest BCUT2D eigenvalue weighted by atomic mass is 10.1. The second-order valence-electron chi connectivity index (χ2n) is 8.46. The van der Waals surface area contributed by atoms with E-state index < -0.39 is 17.8 Å². The number of aryl methyl sites for hydroxylation is 1. The van der Waals surface area contributed by atoms with Gasteiger partial charge in [-0.2, -0.15) is 23.4 Å². The molecule has 0 unspecified atom stereocenters. The summed E-state index contributed by atoms with van der Waals surface area (Å²) >= 11 is 5.94. The van der Waals surface area contributed by atoms with Crippen molar-refractivity contribution in [2.75, 3.05) is 12.4 Å². The normalized spacial score (nSPS) is 11.6. The predicted octanol–water partition coefficient (Wildman–Crippen LogP) is 5.88. The van der Waals surface area contributed by atoms with Crippen molar-refractivity contribution < 1.29 is 22.7 Å². The number of nitrogens with zero attached hydrogens (tertiary/aromatic N) is 5. The molecule has 1 amide bonds. The van der Waals surface area contributed by atoms with Crippen molar-refractivity contribution in [2.24, 2.45) is 0 Å². The fourth-order valence-corrected chi connectivity index (χ4v) is 4.04. The minimum absolute atomic E-state index is 0.0325. The molecule has 0 radical (unpaired) electrons. The molecule has 1 N–H and O–H groups in total. The summed E-state index contributed by atoms with van der Waals surface area (Å²) in [4.78, 5) is 17.5. The molecule has 0 aliphatic rings. The van der Waals surface area contributed by atoms with Crippen molar-refractivity contribution in [1.82, 2.24) is 24.4 Å². The molecule has 12 heteroatoms. The summed E-state index contributed by atoms with van der Waals surface area (Å²) in [6, 6.07) is 16.2. The molecule has 0 saturated carbocycles. The van der Waals surface area contributed by atoms with Crippen LogP contribution in [0.25, 0.3) is 16.9 Å². The van der Waals surface area contributed by atoms with Gasteiger partial charge in [-0.1, -0.05) is 23.7 Å². The van der Waals surface area contributed by atoms with Gasteiger partial charge in [-0.05, 0) is 55.0 Å². The maximum atomic E-state index is 13.9. The van der Waals surface area contributed by atoms with Crippen LogP contribution in [-0.2, 0) is 12.7 Å². The van der Waals surface area contributed by atoms with Crippen molar-refractivity contribution in [3.8, 4) is 17.0 Å². The highest BCUT2D eigenvalue weighted by molar-refractivity contribution is 6.30. The van der Waals surface area contributed by atoms with Gasteiger partial charge in [0.15, 0.2) is 17.2 Å². The van der Waals surface area contributed by atoms with Gasteiger partial charge in [0.2, 0.25) is 0 Å². The average molecular weight is 541 g/mol. The smallest absolute Gasteiger partial charge is 0.433 e. The third-order valence-corrected chi connectivity index (χ3v) is 6.11. The molecule has 0 spiro atoms. The zero-order valence-corrected chi connectivity index (χ0v) is 20.9. The SMILES string of the molecule is COc1ccc(-c2cc(C(F)(F)F)n3ncc(C(=O)Nc4cc(C)n(Cc5ccc(Cl)cc5)n4)c3n2)cc1. The topological polar surface area (TPSA) is 86.3 Å². The quantitative estimate of drug-likeness (QED) is 0.290. The van der Waals surface area contributed by atoms with E-state index >= 15 is 0 Å². The number of methoxy groups -OCH3 is 1. The molecule has 2 aromatic carbocycles. The van der Waals surface area contributed by atoms with Crippen molar-refractivity contribution in [3.05, 3.63) is 94.4 Å². The van der Waals surface area contributed by atoms with Crippen LogP contribution in [0.4, 0.5) is 19.0 Å². The number of hydrogen-bond acceptors (Lipinski definition) is 5. The summed E-state index contributed by atoms with van der Waals surface area (Å²) < 4.78 is 49.1. The Morgan fingerprint density at radius 2 is 1.79 bits per heavy atom. The summed E-state index contributed by atoms with van der Waals surface area (Å²) in [5, 5.41) is 11.5. The molecule has 5 aromatic rings. The third kappa shape index (κ3) is 5.05. The number of alkyl halides is 3. The Morgan fingerprint density at radius 3 is 2.45 bits per heavy atom. The molecule has 5 rings (SSSR count). The molecule has 38 heavy (non-hydrogen) atoms. The number of benzene rings is 2. The first kappa shape index (κ1) is 25.3. The number of nitrogens with one attached hydrogen (secondary N) is 1. The van der Waals surface area contributed by atoms with Gasteiger partial charge in [-0.15, -0.1) is 0 Å². The number of carbonyl (C=O) groups is 1. The first-order valence-corrected chi connectivity index (χ1v) is 11.7. The molecule has 0 atom stereocenters. The van der Waals surface area contributed by atoms with Gasteiger partial charge in [0.05, 0.1) is 25.5 Å². The van der Waals surface area contributed by atoms with Gasteiger partial charge in [-0.25, -0.2) is 9.50 Å². The maximum absolute atomic E-state index is 13.9. The Hall–Kier alpha value is -4.38. The molecule has 0 fully saturated rings. The van der Waals surface area contributed by atoms with E-state index in [1.54, 1.807) is 47.1 Å². The van der Waals surface area contributed by atoms with E-state index in [4.69, 9.17) is 16.3 Å². The summed E-state index contributed by atoms with van der Waals surface area (Å²) in [7, 11) is 1.49. The molecule has 8 nitrogen and oxygen atoms in total. The van der Waals surface area contributed by atoms with Crippen LogP contribution in [0.15, 0.2) is 66.9 Å². The van der Waals surface area contributed by atoms with Crippen LogP contribution in [-0.4, -0.2) is 37.4 Å². The Labute approximate surface area is 219 Å². The number of rotatable bonds is 6. The molecule has 0 aliphatic heterocycles. The van der Waals surface area contributed by atoms with Gasteiger partial charge in [0.1, 0.15) is 11.3 Å². The molecule has 3 heterocycles. The van der Waals surface area contributed by atoms with E-state index in [9.17, 15) is 18.0 Å². The monoisotopic (exact) mass is 540 g/mol. The Kier molecular flexibility index (Phi) is 6.53. The maximum Gasteiger partial charge on any atom is 0.433 e. The minimum Gasteiger partial charge on any atom is -0.497 e. The number of fused-ring (bicyclic) bond motifs is 1. The van der Waals surface area contributed by atoms with E-state index in [1.807, 2.05) is 19.1 Å². The van der Waals surface area contributed by atoms with Gasteiger partial charge in [-0.3, -0.25) is 9.48 Å². The zero-order chi connectivity index (χ0) is 27.0. The van der Waals surface area contributed by atoms with E-state index in [0.29, 0.717) is 27.4 Å². The van der Waals surface area contributed by atoms with Crippen LogP contribution < -0.4 is 10.1 Å². The zero-order valence-electron chi connectivity index (χ0n) is 20.1. The Bertz CT molecular complexity index is 1630. The second-order valence-corrected chi connectivity index (χ2v) is 8.89. The van der Waals surface area contributed by atoms with E-state index in [1.165, 1.54) is 7.11 Å². The minimum atomic E-state index is -4.74. The summed E-state index contributed by atoms with van der Waals surface area (Å²) in [5.41, 5.74) is 0.755. The highest BCUT2D eigenvalue weighted by atomic mass is 35.5.